The molecule has 0 saturated heterocycles. The molecule has 21 heavy (non-hydrogen) atoms. The molecule has 1 aliphatic rings. The molecule has 5 nitrogen and oxygen atoms in total. The van der Waals surface area contributed by atoms with Gasteiger partial charge in [-0.3, -0.25) is 4.79 Å². The van der Waals surface area contributed by atoms with Gasteiger partial charge in [-0.2, -0.15) is 0 Å². The summed E-state index contributed by atoms with van der Waals surface area (Å²) in [4.78, 5) is 12.6. The third-order valence-corrected chi connectivity index (χ3v) is 4.55. The van der Waals surface area contributed by atoms with E-state index in [2.05, 4.69) is 17.4 Å². The fraction of sp³-hybridized carbons (Fsp3) is 0.750. The van der Waals surface area contributed by atoms with Crippen molar-refractivity contribution in [3.05, 3.63) is 17.0 Å². The van der Waals surface area contributed by atoms with Crippen LogP contribution in [0.25, 0.3) is 0 Å². The Morgan fingerprint density at radius 2 is 2.10 bits per heavy atom. The second kappa shape index (κ2) is 6.18. The van der Waals surface area contributed by atoms with E-state index in [1.807, 2.05) is 13.8 Å². The van der Waals surface area contributed by atoms with Gasteiger partial charge in [-0.15, -0.1) is 0 Å². The van der Waals surface area contributed by atoms with Crippen molar-refractivity contribution in [1.29, 1.82) is 0 Å². The molecule has 1 aromatic rings. The molecule has 2 rings (SSSR count). The first-order chi connectivity index (χ1) is 9.88. The first kappa shape index (κ1) is 16.0. The highest BCUT2D eigenvalue weighted by Gasteiger charge is 2.36. The predicted octanol–water partition coefficient (Wildman–Crippen LogP) is 2.78. The minimum atomic E-state index is -0.498. The molecular weight excluding hydrogens is 268 g/mol. The first-order valence-corrected chi connectivity index (χ1v) is 7.78. The summed E-state index contributed by atoms with van der Waals surface area (Å²) in [7, 11) is 0. The largest absolute Gasteiger partial charge is 0.394 e. The Hall–Kier alpha value is -1.36. The highest BCUT2D eigenvalue weighted by atomic mass is 16.5. The van der Waals surface area contributed by atoms with Gasteiger partial charge in [0.1, 0.15) is 5.56 Å². The maximum atomic E-state index is 12.6. The smallest absolute Gasteiger partial charge is 0.257 e. The molecule has 2 N–H and O–H groups in total. The van der Waals surface area contributed by atoms with E-state index < -0.39 is 5.54 Å². The van der Waals surface area contributed by atoms with Crippen LogP contribution in [-0.2, 0) is 0 Å². The molecule has 0 aromatic carbocycles. The fourth-order valence-corrected chi connectivity index (χ4v) is 3.00. The number of hydrogen-bond acceptors (Lipinski definition) is 4. The Bertz CT molecular complexity index is 500. The number of carbonyl (C=O) groups excluding carboxylic acids is 1. The minimum Gasteiger partial charge on any atom is -0.394 e. The maximum Gasteiger partial charge on any atom is 0.257 e. The summed E-state index contributed by atoms with van der Waals surface area (Å²) in [6.07, 6.45) is 3.69. The van der Waals surface area contributed by atoms with Crippen molar-refractivity contribution in [2.75, 3.05) is 6.61 Å². The first-order valence-electron chi connectivity index (χ1n) is 7.78. The Morgan fingerprint density at radius 3 is 2.62 bits per heavy atom. The van der Waals surface area contributed by atoms with Crippen LogP contribution in [0, 0.1) is 12.8 Å². The molecule has 1 aliphatic carbocycles. The van der Waals surface area contributed by atoms with E-state index in [1.165, 1.54) is 0 Å². The van der Waals surface area contributed by atoms with Crippen LogP contribution in [-0.4, -0.2) is 28.3 Å². The summed E-state index contributed by atoms with van der Waals surface area (Å²) in [6.45, 7) is 7.91. The second-order valence-corrected chi connectivity index (χ2v) is 6.74. The Kier molecular flexibility index (Phi) is 4.71. The van der Waals surface area contributed by atoms with Crippen LogP contribution < -0.4 is 5.32 Å². The summed E-state index contributed by atoms with van der Waals surface area (Å²) in [5.41, 5.74) is 0.631. The lowest BCUT2D eigenvalue weighted by molar-refractivity contribution is 0.0714. The van der Waals surface area contributed by atoms with Crippen molar-refractivity contribution < 1.29 is 14.4 Å². The number of aliphatic hydroxyl groups excluding tert-OH is 1. The van der Waals surface area contributed by atoms with E-state index in [-0.39, 0.29) is 18.4 Å². The zero-order valence-corrected chi connectivity index (χ0v) is 13.4. The van der Waals surface area contributed by atoms with Gasteiger partial charge >= 0.3 is 0 Å². The zero-order chi connectivity index (χ0) is 15.6. The molecule has 1 amide bonds. The van der Waals surface area contributed by atoms with Crippen molar-refractivity contribution in [2.24, 2.45) is 5.92 Å². The maximum absolute atomic E-state index is 12.6. The number of aromatic nitrogens is 1. The van der Waals surface area contributed by atoms with Crippen LogP contribution >= 0.6 is 0 Å². The van der Waals surface area contributed by atoms with Gasteiger partial charge in [-0.1, -0.05) is 25.9 Å². The van der Waals surface area contributed by atoms with Crippen LogP contribution in [0.2, 0.25) is 0 Å². The highest BCUT2D eigenvalue weighted by molar-refractivity contribution is 5.96. The van der Waals surface area contributed by atoms with Gasteiger partial charge in [0.05, 0.1) is 17.8 Å². The second-order valence-electron chi connectivity index (χ2n) is 6.74. The molecule has 1 aromatic heterocycles. The number of rotatable bonds is 4. The normalized spacial score (nSPS) is 26.1. The SMILES string of the molecule is Cc1noc(C(C)C)c1C(=O)NC1(CO)CCC(C)CC1. The third-order valence-electron chi connectivity index (χ3n) is 4.55. The zero-order valence-electron chi connectivity index (χ0n) is 13.4. The van der Waals surface area contributed by atoms with Crippen LogP contribution in [0.1, 0.15) is 74.2 Å². The number of amides is 1. The Labute approximate surface area is 126 Å². The van der Waals surface area contributed by atoms with Crippen LogP contribution in [0.3, 0.4) is 0 Å². The van der Waals surface area contributed by atoms with Crippen molar-refractivity contribution in [3.63, 3.8) is 0 Å². The van der Waals surface area contributed by atoms with Crippen molar-refractivity contribution in [2.45, 2.75) is 64.8 Å². The van der Waals surface area contributed by atoms with Crippen LogP contribution in [0.4, 0.5) is 0 Å². The number of carbonyl (C=O) groups is 1. The summed E-state index contributed by atoms with van der Waals surface area (Å²) < 4.78 is 5.28. The van der Waals surface area contributed by atoms with Gasteiger partial charge in [-0.05, 0) is 38.5 Å². The summed E-state index contributed by atoms with van der Waals surface area (Å²) >= 11 is 0. The topological polar surface area (TPSA) is 75.4 Å². The van der Waals surface area contributed by atoms with Crippen LogP contribution in [0.5, 0.6) is 0 Å². The lowest BCUT2D eigenvalue weighted by Crippen LogP contribution is -2.53. The molecule has 0 unspecified atom stereocenters. The predicted molar refractivity (Wildman–Crippen MR) is 80.2 cm³/mol. The minimum absolute atomic E-state index is 0.0210. The van der Waals surface area contributed by atoms with Crippen molar-refractivity contribution in [3.8, 4) is 0 Å². The highest BCUT2D eigenvalue weighted by Crippen LogP contribution is 2.32. The summed E-state index contributed by atoms with van der Waals surface area (Å²) in [6, 6.07) is 0. The van der Waals surface area contributed by atoms with Gasteiger partial charge in [0.2, 0.25) is 0 Å². The molecule has 0 atom stereocenters. The van der Waals surface area contributed by atoms with E-state index in [1.54, 1.807) is 6.92 Å². The molecule has 5 heteroatoms. The number of aryl methyl sites for hydroxylation is 1. The standard InChI is InChI=1S/C16H26N2O3/c1-10(2)14-13(12(4)18-21-14)15(20)17-16(9-19)7-5-11(3)6-8-16/h10-11,19H,5-9H2,1-4H3,(H,17,20). The van der Waals surface area contributed by atoms with E-state index in [4.69, 9.17) is 4.52 Å². The molecule has 0 radical (unpaired) electrons. The van der Waals surface area contributed by atoms with Gasteiger partial charge < -0.3 is 14.9 Å². The van der Waals surface area contributed by atoms with Crippen molar-refractivity contribution in [1.82, 2.24) is 10.5 Å². The van der Waals surface area contributed by atoms with Gasteiger partial charge in [0.25, 0.3) is 5.91 Å². The number of nitrogens with one attached hydrogen (secondary N) is 1. The number of hydrogen-bond donors (Lipinski definition) is 2. The molecule has 1 saturated carbocycles. The molecule has 0 bridgehead atoms. The number of aliphatic hydroxyl groups is 1. The van der Waals surface area contributed by atoms with E-state index >= 15 is 0 Å². The Balaban J connectivity index is 2.19. The summed E-state index contributed by atoms with van der Waals surface area (Å²) in [5, 5.41) is 16.7. The molecule has 0 spiro atoms. The van der Waals surface area contributed by atoms with Gasteiger partial charge in [-0.25, -0.2) is 0 Å². The van der Waals surface area contributed by atoms with Gasteiger partial charge in [0.15, 0.2) is 5.76 Å². The van der Waals surface area contributed by atoms with Crippen molar-refractivity contribution >= 4 is 5.91 Å². The Morgan fingerprint density at radius 1 is 1.48 bits per heavy atom. The lowest BCUT2D eigenvalue weighted by atomic mass is 9.77. The van der Waals surface area contributed by atoms with Gasteiger partial charge in [0, 0.05) is 5.92 Å². The van der Waals surface area contributed by atoms with E-state index in [0.717, 1.165) is 25.7 Å². The number of nitrogens with zero attached hydrogens (tertiary/aromatic N) is 1. The molecule has 0 aliphatic heterocycles. The van der Waals surface area contributed by atoms with E-state index in [9.17, 15) is 9.90 Å². The third kappa shape index (κ3) is 3.28. The average Bonchev–Trinajstić information content (AvgIpc) is 2.84. The molecule has 1 heterocycles. The van der Waals surface area contributed by atoms with E-state index in [0.29, 0.717) is 22.9 Å². The fourth-order valence-electron chi connectivity index (χ4n) is 3.00. The summed E-state index contributed by atoms with van der Waals surface area (Å²) in [5.74, 6) is 1.19. The average molecular weight is 294 g/mol. The quantitative estimate of drug-likeness (QED) is 0.895. The molecule has 118 valence electrons. The van der Waals surface area contributed by atoms with Crippen LogP contribution in [0.15, 0.2) is 4.52 Å². The monoisotopic (exact) mass is 294 g/mol. The lowest BCUT2D eigenvalue weighted by Gasteiger charge is -2.38. The molecule has 1 fully saturated rings. The molecular formula is C16H26N2O3.